The Bertz CT molecular complexity index is 794. The molecule has 2 aromatic rings. The number of non-ortho nitro benzene ring substituents is 1. The van der Waals surface area contributed by atoms with E-state index in [-0.39, 0.29) is 17.1 Å². The minimum absolute atomic E-state index is 0.0420. The number of nitrogens with zero attached hydrogens (tertiary/aromatic N) is 2. The Labute approximate surface area is 134 Å². The molecule has 0 bridgehead atoms. The van der Waals surface area contributed by atoms with Crippen molar-refractivity contribution in [3.63, 3.8) is 0 Å². The summed E-state index contributed by atoms with van der Waals surface area (Å²) in [6, 6.07) is 8.02. The number of nitro groups is 2. The predicted molar refractivity (Wildman–Crippen MR) is 80.3 cm³/mol. The van der Waals surface area contributed by atoms with Gasteiger partial charge in [0.2, 0.25) is 5.82 Å². The third kappa shape index (κ3) is 4.22. The summed E-state index contributed by atoms with van der Waals surface area (Å²) in [7, 11) is 0. The second-order valence-electron chi connectivity index (χ2n) is 4.51. The molecule has 0 atom stereocenters. The molecule has 2 aromatic carbocycles. The summed E-state index contributed by atoms with van der Waals surface area (Å²) >= 11 is 0. The largest absolute Gasteiger partial charge is 0.484 e. The van der Waals surface area contributed by atoms with Crippen molar-refractivity contribution in [2.45, 2.75) is 0 Å². The number of nitro benzene ring substituents is 2. The predicted octanol–water partition coefficient (Wildman–Crippen LogP) is 2.66. The molecule has 1 N–H and O–H groups in total. The van der Waals surface area contributed by atoms with Crippen molar-refractivity contribution in [2.24, 2.45) is 0 Å². The molecule has 9 nitrogen and oxygen atoms in total. The first-order chi connectivity index (χ1) is 11.4. The third-order valence-corrected chi connectivity index (χ3v) is 2.84. The lowest BCUT2D eigenvalue weighted by Crippen LogP contribution is -2.20. The molecule has 0 unspecified atom stereocenters. The van der Waals surface area contributed by atoms with Crippen molar-refractivity contribution in [3.8, 4) is 5.75 Å². The number of benzene rings is 2. The van der Waals surface area contributed by atoms with E-state index in [1.165, 1.54) is 30.3 Å². The van der Waals surface area contributed by atoms with Crippen molar-refractivity contribution >= 4 is 23.0 Å². The van der Waals surface area contributed by atoms with Crippen LogP contribution in [0, 0.1) is 26.0 Å². The summed E-state index contributed by atoms with van der Waals surface area (Å²) in [5.74, 6) is -1.41. The minimum Gasteiger partial charge on any atom is -0.484 e. The van der Waals surface area contributed by atoms with Crippen molar-refractivity contribution in [1.29, 1.82) is 0 Å². The normalized spacial score (nSPS) is 10.0. The van der Waals surface area contributed by atoms with Crippen molar-refractivity contribution in [2.75, 3.05) is 11.9 Å². The van der Waals surface area contributed by atoms with E-state index in [0.717, 1.165) is 12.1 Å². The van der Waals surface area contributed by atoms with Crippen LogP contribution in [-0.2, 0) is 4.79 Å². The van der Waals surface area contributed by atoms with Gasteiger partial charge in [-0.25, -0.2) is 0 Å². The number of hydrogen-bond donors (Lipinski definition) is 1. The van der Waals surface area contributed by atoms with E-state index in [0.29, 0.717) is 0 Å². The highest BCUT2D eigenvalue weighted by molar-refractivity contribution is 5.92. The highest BCUT2D eigenvalue weighted by Gasteiger charge is 2.15. The van der Waals surface area contributed by atoms with E-state index in [9.17, 15) is 29.4 Å². The number of carbonyl (C=O) groups excluding carboxylic acids is 1. The fourth-order valence-electron chi connectivity index (χ4n) is 1.74. The molecule has 0 aliphatic heterocycles. The number of nitrogens with one attached hydrogen (secondary N) is 1. The third-order valence-electron chi connectivity index (χ3n) is 2.84. The lowest BCUT2D eigenvalue weighted by Gasteiger charge is -2.07. The summed E-state index contributed by atoms with van der Waals surface area (Å²) in [5.41, 5.74) is -0.838. The summed E-state index contributed by atoms with van der Waals surface area (Å²) in [6.45, 7) is -0.428. The van der Waals surface area contributed by atoms with Crippen molar-refractivity contribution in [1.82, 2.24) is 0 Å². The van der Waals surface area contributed by atoms with Crippen LogP contribution in [0.2, 0.25) is 0 Å². The van der Waals surface area contributed by atoms with Crippen LogP contribution in [0.5, 0.6) is 5.75 Å². The standard InChI is InChI=1S/C14H10FN3O6/c15-12-6-1-9(7-13(12)18(22)23)16-14(19)8-24-11-4-2-10(3-5-11)17(20)21/h1-7H,8H2,(H,16,19). The first-order valence-corrected chi connectivity index (χ1v) is 6.48. The molecular formula is C14H10FN3O6. The fraction of sp³-hybridized carbons (Fsp3) is 0.0714. The highest BCUT2D eigenvalue weighted by Crippen LogP contribution is 2.22. The molecule has 124 valence electrons. The second kappa shape index (κ2) is 7.13. The van der Waals surface area contributed by atoms with Gasteiger partial charge in [-0.3, -0.25) is 25.0 Å². The second-order valence-corrected chi connectivity index (χ2v) is 4.51. The van der Waals surface area contributed by atoms with Gasteiger partial charge >= 0.3 is 5.69 Å². The Kier molecular flexibility index (Phi) is 5.00. The maximum atomic E-state index is 13.2. The van der Waals surface area contributed by atoms with E-state index in [4.69, 9.17) is 4.74 Å². The number of carbonyl (C=O) groups is 1. The number of anilines is 1. The molecule has 1 amide bonds. The smallest absolute Gasteiger partial charge is 0.306 e. The number of ether oxygens (including phenoxy) is 1. The van der Waals surface area contributed by atoms with Crippen LogP contribution >= 0.6 is 0 Å². The first-order valence-electron chi connectivity index (χ1n) is 6.48. The van der Waals surface area contributed by atoms with Gasteiger partial charge in [0.05, 0.1) is 9.85 Å². The molecule has 0 radical (unpaired) electrons. The minimum atomic E-state index is -1.01. The summed E-state index contributed by atoms with van der Waals surface area (Å²) in [4.78, 5) is 31.4. The summed E-state index contributed by atoms with van der Waals surface area (Å²) in [6.07, 6.45) is 0. The van der Waals surface area contributed by atoms with Crippen LogP contribution in [0.1, 0.15) is 0 Å². The van der Waals surface area contributed by atoms with E-state index >= 15 is 0 Å². The lowest BCUT2D eigenvalue weighted by atomic mass is 10.2. The number of rotatable bonds is 6. The molecule has 24 heavy (non-hydrogen) atoms. The average molecular weight is 335 g/mol. The Morgan fingerprint density at radius 2 is 1.75 bits per heavy atom. The van der Waals surface area contributed by atoms with E-state index < -0.39 is 33.9 Å². The Balaban J connectivity index is 1.95. The van der Waals surface area contributed by atoms with E-state index in [2.05, 4.69) is 5.32 Å². The molecule has 0 aromatic heterocycles. The molecule has 0 spiro atoms. The van der Waals surface area contributed by atoms with Crippen LogP contribution in [0.15, 0.2) is 42.5 Å². The topological polar surface area (TPSA) is 125 Å². The van der Waals surface area contributed by atoms with E-state index in [1.54, 1.807) is 0 Å². The van der Waals surface area contributed by atoms with Crippen LogP contribution in [-0.4, -0.2) is 22.4 Å². The zero-order valence-electron chi connectivity index (χ0n) is 12.0. The van der Waals surface area contributed by atoms with Gasteiger partial charge in [-0.05, 0) is 24.3 Å². The average Bonchev–Trinajstić information content (AvgIpc) is 2.55. The molecule has 0 heterocycles. The monoisotopic (exact) mass is 335 g/mol. The number of amides is 1. The fourth-order valence-corrected chi connectivity index (χ4v) is 1.74. The SMILES string of the molecule is O=C(COc1ccc([N+](=O)[O-])cc1)Nc1ccc(F)c([N+](=O)[O-])c1. The van der Waals surface area contributed by atoms with E-state index in [1.807, 2.05) is 0 Å². The van der Waals surface area contributed by atoms with Crippen molar-refractivity contribution in [3.05, 3.63) is 68.5 Å². The van der Waals surface area contributed by atoms with Gasteiger partial charge in [-0.2, -0.15) is 4.39 Å². The van der Waals surface area contributed by atoms with Crippen LogP contribution in [0.4, 0.5) is 21.5 Å². The molecule has 0 saturated carbocycles. The molecule has 0 saturated heterocycles. The quantitative estimate of drug-likeness (QED) is 0.639. The zero-order chi connectivity index (χ0) is 17.7. The molecule has 0 fully saturated rings. The van der Waals surface area contributed by atoms with Gasteiger partial charge in [0.1, 0.15) is 5.75 Å². The maximum absolute atomic E-state index is 13.2. The molecule has 10 heteroatoms. The first kappa shape index (κ1) is 16.8. The zero-order valence-corrected chi connectivity index (χ0v) is 12.0. The lowest BCUT2D eigenvalue weighted by molar-refractivity contribution is -0.387. The van der Waals surface area contributed by atoms with Gasteiger partial charge < -0.3 is 10.1 Å². The van der Waals surface area contributed by atoms with Crippen molar-refractivity contribution < 1.29 is 23.8 Å². The Morgan fingerprint density at radius 1 is 1.08 bits per heavy atom. The number of halogens is 1. The highest BCUT2D eigenvalue weighted by atomic mass is 19.1. The van der Waals surface area contributed by atoms with Gasteiger partial charge in [0.15, 0.2) is 6.61 Å². The van der Waals surface area contributed by atoms with Gasteiger partial charge in [-0.15, -0.1) is 0 Å². The maximum Gasteiger partial charge on any atom is 0.306 e. The van der Waals surface area contributed by atoms with Crippen LogP contribution < -0.4 is 10.1 Å². The number of hydrogen-bond acceptors (Lipinski definition) is 6. The molecular weight excluding hydrogens is 325 g/mol. The van der Waals surface area contributed by atoms with Crippen LogP contribution in [0.3, 0.4) is 0 Å². The van der Waals surface area contributed by atoms with Gasteiger partial charge in [0, 0.05) is 23.9 Å². The molecule has 0 aliphatic carbocycles. The Morgan fingerprint density at radius 3 is 2.33 bits per heavy atom. The van der Waals surface area contributed by atoms with Gasteiger partial charge in [0.25, 0.3) is 11.6 Å². The van der Waals surface area contributed by atoms with Crippen LogP contribution in [0.25, 0.3) is 0 Å². The summed E-state index contributed by atoms with van der Waals surface area (Å²) < 4.78 is 18.3. The summed E-state index contributed by atoms with van der Waals surface area (Å²) in [5, 5.41) is 23.5. The Hall–Kier alpha value is -3.56. The van der Waals surface area contributed by atoms with Gasteiger partial charge in [-0.1, -0.05) is 0 Å². The molecule has 0 aliphatic rings. The molecule has 2 rings (SSSR count).